The number of nitrogens with zero attached hydrogens (tertiary/aromatic N) is 2. The summed E-state index contributed by atoms with van der Waals surface area (Å²) in [5, 5.41) is 1.96. The molecule has 0 aliphatic carbocycles. The van der Waals surface area contributed by atoms with Crippen molar-refractivity contribution in [2.45, 2.75) is 33.1 Å². The highest BCUT2D eigenvalue weighted by Crippen LogP contribution is 2.39. The van der Waals surface area contributed by atoms with Crippen LogP contribution >= 0.6 is 11.3 Å². The highest BCUT2D eigenvalue weighted by molar-refractivity contribution is 7.11. The molecule has 1 aromatic heterocycles. The Morgan fingerprint density at radius 3 is 2.33 bits per heavy atom. The Morgan fingerprint density at radius 1 is 0.909 bits per heavy atom. The molecular weight excluding hydrogens is 428 g/mol. The molecule has 2 aliphatic heterocycles. The van der Waals surface area contributed by atoms with E-state index in [1.165, 1.54) is 21.8 Å². The van der Waals surface area contributed by atoms with E-state index in [0.717, 1.165) is 48.4 Å². The molecule has 4 nitrogen and oxygen atoms in total. The van der Waals surface area contributed by atoms with Crippen LogP contribution in [-0.4, -0.2) is 29.8 Å². The van der Waals surface area contributed by atoms with E-state index in [4.69, 9.17) is 0 Å². The quantitative estimate of drug-likeness (QED) is 0.469. The third-order valence-electron chi connectivity index (χ3n) is 6.72. The van der Waals surface area contributed by atoms with Crippen molar-refractivity contribution in [2.24, 2.45) is 5.92 Å². The van der Waals surface area contributed by atoms with Crippen LogP contribution in [0.15, 0.2) is 71.7 Å². The van der Waals surface area contributed by atoms with Gasteiger partial charge in [0.05, 0.1) is 11.3 Å². The van der Waals surface area contributed by atoms with E-state index in [1.807, 2.05) is 49.6 Å². The Morgan fingerprint density at radius 2 is 1.67 bits per heavy atom. The summed E-state index contributed by atoms with van der Waals surface area (Å²) in [6.07, 6.45) is 3.09. The first-order chi connectivity index (χ1) is 16.0. The smallest absolute Gasteiger partial charge is 0.282 e. The second-order valence-electron chi connectivity index (χ2n) is 9.06. The number of hydrogen-bond donors (Lipinski definition) is 0. The van der Waals surface area contributed by atoms with Gasteiger partial charge in [-0.2, -0.15) is 0 Å². The van der Waals surface area contributed by atoms with Gasteiger partial charge in [-0.1, -0.05) is 54.1 Å². The molecule has 0 atom stereocenters. The van der Waals surface area contributed by atoms with Crippen molar-refractivity contribution < 1.29 is 9.59 Å². The molecule has 0 bridgehead atoms. The van der Waals surface area contributed by atoms with Crippen molar-refractivity contribution in [1.29, 1.82) is 0 Å². The van der Waals surface area contributed by atoms with Gasteiger partial charge in [-0.15, -0.1) is 11.3 Å². The van der Waals surface area contributed by atoms with Gasteiger partial charge in [0.1, 0.15) is 5.70 Å². The van der Waals surface area contributed by atoms with Gasteiger partial charge >= 0.3 is 0 Å². The number of imide groups is 1. The molecule has 33 heavy (non-hydrogen) atoms. The standard InChI is InChI=1S/C28H28N2O2S/c1-19-10-11-23(20(2)17-19)30-27(31)25(24-9-6-16-33-24)26(28(30)32)29-14-12-22(13-15-29)18-21-7-4-3-5-8-21/h3-11,16-17,22H,12-15,18H2,1-2H3. The molecule has 168 valence electrons. The van der Waals surface area contributed by atoms with Crippen LogP contribution in [0, 0.1) is 19.8 Å². The predicted molar refractivity (Wildman–Crippen MR) is 134 cm³/mol. The number of anilines is 1. The number of amides is 2. The summed E-state index contributed by atoms with van der Waals surface area (Å²) in [6.45, 7) is 5.56. The molecule has 1 fully saturated rings. The minimum Gasteiger partial charge on any atom is -0.366 e. The Balaban J connectivity index is 1.43. The molecule has 3 heterocycles. The topological polar surface area (TPSA) is 40.6 Å². The number of thiophene rings is 1. The van der Waals surface area contributed by atoms with E-state index in [9.17, 15) is 9.59 Å². The minimum absolute atomic E-state index is 0.197. The van der Waals surface area contributed by atoms with Crippen molar-refractivity contribution in [3.05, 3.63) is 93.3 Å². The van der Waals surface area contributed by atoms with Crippen LogP contribution in [0.25, 0.3) is 5.57 Å². The van der Waals surface area contributed by atoms with Crippen molar-refractivity contribution in [3.8, 4) is 0 Å². The zero-order chi connectivity index (χ0) is 22.9. The lowest BCUT2D eigenvalue weighted by molar-refractivity contribution is -0.120. The third-order valence-corrected chi connectivity index (χ3v) is 7.61. The molecule has 0 spiro atoms. The van der Waals surface area contributed by atoms with E-state index in [0.29, 0.717) is 22.9 Å². The summed E-state index contributed by atoms with van der Waals surface area (Å²) in [7, 11) is 0. The first kappa shape index (κ1) is 21.7. The minimum atomic E-state index is -0.212. The van der Waals surface area contributed by atoms with E-state index in [2.05, 4.69) is 35.2 Å². The van der Waals surface area contributed by atoms with Crippen LogP contribution in [0.3, 0.4) is 0 Å². The largest absolute Gasteiger partial charge is 0.366 e. The van der Waals surface area contributed by atoms with Gasteiger partial charge in [0, 0.05) is 18.0 Å². The first-order valence-corrected chi connectivity index (χ1v) is 12.4. The number of carbonyl (C=O) groups excluding carboxylic acids is 2. The van der Waals surface area contributed by atoms with Crippen LogP contribution in [-0.2, 0) is 16.0 Å². The summed E-state index contributed by atoms with van der Waals surface area (Å²) >= 11 is 1.52. The average Bonchev–Trinajstić information content (AvgIpc) is 3.42. The zero-order valence-electron chi connectivity index (χ0n) is 19.1. The van der Waals surface area contributed by atoms with Crippen molar-refractivity contribution in [3.63, 3.8) is 0 Å². The third kappa shape index (κ3) is 4.13. The van der Waals surface area contributed by atoms with Crippen LogP contribution in [0.2, 0.25) is 0 Å². The molecular formula is C28H28N2O2S. The highest BCUT2D eigenvalue weighted by atomic mass is 32.1. The van der Waals surface area contributed by atoms with E-state index in [-0.39, 0.29) is 11.8 Å². The number of hydrogen-bond acceptors (Lipinski definition) is 4. The van der Waals surface area contributed by atoms with Crippen molar-refractivity contribution >= 4 is 34.4 Å². The fourth-order valence-corrected chi connectivity index (χ4v) is 5.80. The van der Waals surface area contributed by atoms with Gasteiger partial charge in [0.2, 0.25) is 0 Å². The zero-order valence-corrected chi connectivity index (χ0v) is 19.9. The molecule has 3 aromatic rings. The summed E-state index contributed by atoms with van der Waals surface area (Å²) < 4.78 is 0. The summed E-state index contributed by atoms with van der Waals surface area (Å²) in [6, 6.07) is 20.4. The molecule has 0 N–H and O–H groups in total. The molecule has 2 aromatic carbocycles. The number of carbonyl (C=O) groups is 2. The van der Waals surface area contributed by atoms with Gasteiger partial charge in [0.25, 0.3) is 11.8 Å². The van der Waals surface area contributed by atoms with E-state index in [1.54, 1.807) is 0 Å². The molecule has 0 radical (unpaired) electrons. The molecule has 1 saturated heterocycles. The fourth-order valence-electron chi connectivity index (χ4n) is 5.04. The van der Waals surface area contributed by atoms with Crippen LogP contribution < -0.4 is 4.90 Å². The maximum Gasteiger partial charge on any atom is 0.282 e. The predicted octanol–water partition coefficient (Wildman–Crippen LogP) is 5.60. The van der Waals surface area contributed by atoms with E-state index < -0.39 is 0 Å². The summed E-state index contributed by atoms with van der Waals surface area (Å²) in [4.78, 5) is 31.8. The van der Waals surface area contributed by atoms with Crippen LogP contribution in [0.4, 0.5) is 5.69 Å². The SMILES string of the molecule is Cc1ccc(N2C(=O)C(c3cccs3)=C(N3CCC(Cc4ccccc4)CC3)C2=O)c(C)c1. The first-order valence-electron chi connectivity index (χ1n) is 11.6. The van der Waals surface area contributed by atoms with Crippen LogP contribution in [0.5, 0.6) is 0 Å². The number of likely N-dealkylation sites (tertiary alicyclic amines) is 1. The summed E-state index contributed by atoms with van der Waals surface area (Å²) in [5.74, 6) is 0.185. The number of aryl methyl sites for hydroxylation is 2. The lowest BCUT2D eigenvalue weighted by Gasteiger charge is -2.34. The van der Waals surface area contributed by atoms with E-state index >= 15 is 0 Å². The molecule has 2 aliphatic rings. The maximum atomic E-state index is 13.7. The van der Waals surface area contributed by atoms with Crippen molar-refractivity contribution in [2.75, 3.05) is 18.0 Å². The Hall–Kier alpha value is -3.18. The van der Waals surface area contributed by atoms with Gasteiger partial charge < -0.3 is 4.90 Å². The molecule has 2 amide bonds. The molecule has 0 saturated carbocycles. The van der Waals surface area contributed by atoms with Gasteiger partial charge in [-0.3, -0.25) is 9.59 Å². The van der Waals surface area contributed by atoms with Gasteiger partial charge in [-0.05, 0) is 67.7 Å². The maximum absolute atomic E-state index is 13.7. The Labute approximate surface area is 199 Å². The number of benzene rings is 2. The summed E-state index contributed by atoms with van der Waals surface area (Å²) in [5.41, 5.74) is 5.21. The average molecular weight is 457 g/mol. The number of piperidine rings is 1. The lowest BCUT2D eigenvalue weighted by Crippen LogP contribution is -2.39. The highest BCUT2D eigenvalue weighted by Gasteiger charge is 2.43. The van der Waals surface area contributed by atoms with Gasteiger partial charge in [-0.25, -0.2) is 4.90 Å². The lowest BCUT2D eigenvalue weighted by atomic mass is 9.90. The number of rotatable bonds is 5. The normalized spacial score (nSPS) is 17.4. The van der Waals surface area contributed by atoms with Gasteiger partial charge in [0.15, 0.2) is 0 Å². The second-order valence-corrected chi connectivity index (χ2v) is 10.0. The Kier molecular flexibility index (Phi) is 5.90. The molecule has 5 rings (SSSR count). The van der Waals surface area contributed by atoms with Crippen molar-refractivity contribution in [1.82, 2.24) is 4.90 Å². The monoisotopic (exact) mass is 456 g/mol. The van der Waals surface area contributed by atoms with Crippen LogP contribution in [0.1, 0.15) is 34.4 Å². The molecule has 5 heteroatoms. The second kappa shape index (κ2) is 8.99. The molecule has 0 unspecified atom stereocenters. The Bertz CT molecular complexity index is 1210. The fraction of sp³-hybridized carbons (Fsp3) is 0.286.